The Balaban J connectivity index is 1.13. The van der Waals surface area contributed by atoms with Gasteiger partial charge in [-0.2, -0.15) is 0 Å². The van der Waals surface area contributed by atoms with E-state index < -0.39 is 23.3 Å². The smallest absolute Gasteiger partial charge is 0.165 e. The number of halogens is 4. The van der Waals surface area contributed by atoms with E-state index in [9.17, 15) is 18.3 Å². The quantitative estimate of drug-likeness (QED) is 0.262. The number of ether oxygens (including phenoxy) is 2. The summed E-state index contributed by atoms with van der Waals surface area (Å²) in [5.41, 5.74) is 1.29. The van der Waals surface area contributed by atoms with E-state index in [0.717, 1.165) is 38.5 Å². The number of hydrogen-bond acceptors (Lipinski definition) is 3. The van der Waals surface area contributed by atoms with Gasteiger partial charge in [-0.15, -0.1) is 0 Å². The summed E-state index contributed by atoms with van der Waals surface area (Å²) in [6.45, 7) is 2.46. The third-order valence-corrected chi connectivity index (χ3v) is 8.94. The topological polar surface area (TPSA) is 42.0 Å². The van der Waals surface area contributed by atoms with Crippen molar-refractivity contribution in [2.24, 2.45) is 5.92 Å². The molecule has 0 radical (unpaired) electrons. The average Bonchev–Trinajstić information content (AvgIpc) is 3.77. The Morgan fingerprint density at radius 2 is 1.32 bits per heavy atom. The van der Waals surface area contributed by atoms with E-state index in [4.69, 9.17) is 9.47 Å². The number of hydrogen-bond donors (Lipinski definition) is 1. The zero-order valence-corrected chi connectivity index (χ0v) is 22.0. The van der Waals surface area contributed by atoms with Crippen LogP contribution in [-0.4, -0.2) is 23.9 Å². The van der Waals surface area contributed by atoms with E-state index in [1.54, 1.807) is 24.3 Å². The van der Waals surface area contributed by atoms with E-state index in [1.165, 1.54) is 0 Å². The monoisotopic (exact) mass is 534 g/mol. The molecule has 38 heavy (non-hydrogen) atoms. The van der Waals surface area contributed by atoms with Crippen molar-refractivity contribution in [3.05, 3.63) is 69.8 Å². The Morgan fingerprint density at radius 1 is 0.789 bits per heavy atom. The number of benzene rings is 2. The standard InChI is InChI=1S/C31H38F4O3/c1-2-3-26(36)20-6-4-18(5-7-20)23-13-10-21(28(32)29(23)33)16-37-22-11-8-19(9-12-22)24-14-15-25(27-17-38-27)31(35)30(24)34/h10,13-15,18-20,22,26-27,36H,2-9,11-12,16-17H2,1H3. The fourth-order valence-corrected chi connectivity index (χ4v) is 6.50. The fraction of sp³-hybridized carbons (Fsp3) is 0.613. The molecule has 2 aromatic rings. The largest absolute Gasteiger partial charge is 0.393 e. The number of aliphatic hydroxyl groups excluding tert-OH is 1. The number of rotatable bonds is 9. The normalized spacial score (nSPS) is 28.3. The van der Waals surface area contributed by atoms with Crippen LogP contribution in [0.25, 0.3) is 0 Å². The van der Waals surface area contributed by atoms with Gasteiger partial charge in [0.25, 0.3) is 0 Å². The van der Waals surface area contributed by atoms with E-state index >= 15 is 4.39 Å². The molecule has 2 aromatic carbocycles. The lowest BCUT2D eigenvalue weighted by Crippen LogP contribution is -2.25. The van der Waals surface area contributed by atoms with Crippen LogP contribution < -0.4 is 0 Å². The van der Waals surface area contributed by atoms with E-state index in [1.807, 2.05) is 0 Å². The van der Waals surface area contributed by atoms with Crippen LogP contribution in [0.3, 0.4) is 0 Å². The lowest BCUT2D eigenvalue weighted by atomic mass is 9.76. The molecule has 2 aliphatic carbocycles. The first-order chi connectivity index (χ1) is 18.4. The first-order valence-corrected chi connectivity index (χ1v) is 14.2. The summed E-state index contributed by atoms with van der Waals surface area (Å²) in [7, 11) is 0. The predicted octanol–water partition coefficient (Wildman–Crippen LogP) is 7.99. The fourth-order valence-electron chi connectivity index (χ4n) is 6.50. The molecule has 3 fully saturated rings. The molecule has 5 rings (SSSR count). The molecule has 2 unspecified atom stereocenters. The van der Waals surface area contributed by atoms with Crippen molar-refractivity contribution < 1.29 is 32.1 Å². The summed E-state index contributed by atoms with van der Waals surface area (Å²) in [5, 5.41) is 10.3. The van der Waals surface area contributed by atoms with Gasteiger partial charge in [-0.05, 0) is 86.7 Å². The summed E-state index contributed by atoms with van der Waals surface area (Å²) < 4.78 is 70.1. The minimum absolute atomic E-state index is 0.0204. The molecule has 7 heteroatoms. The molecule has 1 heterocycles. The zero-order chi connectivity index (χ0) is 26.8. The summed E-state index contributed by atoms with van der Waals surface area (Å²) in [6, 6.07) is 6.60. The van der Waals surface area contributed by atoms with Crippen LogP contribution >= 0.6 is 0 Å². The molecular weight excluding hydrogens is 496 g/mol. The highest BCUT2D eigenvalue weighted by Crippen LogP contribution is 2.41. The second-order valence-corrected chi connectivity index (χ2v) is 11.4. The van der Waals surface area contributed by atoms with Gasteiger partial charge in [-0.3, -0.25) is 0 Å². The van der Waals surface area contributed by atoms with Gasteiger partial charge in [-0.1, -0.05) is 37.6 Å². The van der Waals surface area contributed by atoms with E-state index in [-0.39, 0.29) is 53.8 Å². The molecule has 208 valence electrons. The van der Waals surface area contributed by atoms with Crippen LogP contribution in [0, 0.1) is 29.2 Å². The lowest BCUT2D eigenvalue weighted by molar-refractivity contribution is 0.0116. The second-order valence-electron chi connectivity index (χ2n) is 11.4. The van der Waals surface area contributed by atoms with Gasteiger partial charge >= 0.3 is 0 Å². The lowest BCUT2D eigenvalue weighted by Gasteiger charge is -2.32. The highest BCUT2D eigenvalue weighted by molar-refractivity contribution is 5.32. The highest BCUT2D eigenvalue weighted by Gasteiger charge is 2.33. The molecule has 2 atom stereocenters. The van der Waals surface area contributed by atoms with Crippen molar-refractivity contribution >= 4 is 0 Å². The van der Waals surface area contributed by atoms with Crippen LogP contribution in [-0.2, 0) is 16.1 Å². The summed E-state index contributed by atoms with van der Waals surface area (Å²) in [4.78, 5) is 0. The second kappa shape index (κ2) is 12.1. The molecule has 0 amide bonds. The van der Waals surface area contributed by atoms with Crippen molar-refractivity contribution in [3.8, 4) is 0 Å². The van der Waals surface area contributed by atoms with Gasteiger partial charge in [0.05, 0.1) is 25.4 Å². The van der Waals surface area contributed by atoms with E-state index in [2.05, 4.69) is 6.92 Å². The Bertz CT molecular complexity index is 1100. The maximum Gasteiger partial charge on any atom is 0.165 e. The van der Waals surface area contributed by atoms with Crippen LogP contribution in [0.1, 0.15) is 111 Å². The van der Waals surface area contributed by atoms with Crippen LogP contribution in [0.4, 0.5) is 17.6 Å². The number of epoxide rings is 1. The third-order valence-electron chi connectivity index (χ3n) is 8.94. The van der Waals surface area contributed by atoms with Crippen molar-refractivity contribution in [2.75, 3.05) is 6.61 Å². The Labute approximate surface area is 222 Å². The van der Waals surface area contributed by atoms with Crippen molar-refractivity contribution in [1.82, 2.24) is 0 Å². The first-order valence-electron chi connectivity index (χ1n) is 14.2. The predicted molar refractivity (Wildman–Crippen MR) is 137 cm³/mol. The molecule has 1 N–H and O–H groups in total. The maximum absolute atomic E-state index is 15.0. The van der Waals surface area contributed by atoms with Gasteiger partial charge in [0.15, 0.2) is 23.3 Å². The minimum Gasteiger partial charge on any atom is -0.393 e. The molecule has 0 aromatic heterocycles. The zero-order valence-electron chi connectivity index (χ0n) is 22.0. The third kappa shape index (κ3) is 5.95. The van der Waals surface area contributed by atoms with Crippen molar-refractivity contribution in [3.63, 3.8) is 0 Å². The summed E-state index contributed by atoms with van der Waals surface area (Å²) >= 11 is 0. The highest BCUT2D eigenvalue weighted by atomic mass is 19.2. The Morgan fingerprint density at radius 3 is 1.92 bits per heavy atom. The molecule has 2 saturated carbocycles. The Kier molecular flexibility index (Phi) is 8.75. The average molecular weight is 535 g/mol. The molecule has 1 aliphatic heterocycles. The van der Waals surface area contributed by atoms with Crippen LogP contribution in [0.2, 0.25) is 0 Å². The van der Waals surface area contributed by atoms with Gasteiger partial charge in [0.1, 0.15) is 6.10 Å². The molecule has 1 saturated heterocycles. The summed E-state index contributed by atoms with van der Waals surface area (Å²) in [5.74, 6) is -3.11. The van der Waals surface area contributed by atoms with Crippen LogP contribution in [0.5, 0.6) is 0 Å². The molecule has 0 bridgehead atoms. The number of aliphatic hydroxyl groups is 1. The Hall–Kier alpha value is -1.96. The summed E-state index contributed by atoms with van der Waals surface area (Å²) in [6.07, 6.45) is 6.70. The van der Waals surface area contributed by atoms with Crippen LogP contribution in [0.15, 0.2) is 24.3 Å². The maximum atomic E-state index is 15.0. The molecule has 3 aliphatic rings. The molecule has 0 spiro atoms. The van der Waals surface area contributed by atoms with Crippen molar-refractivity contribution in [2.45, 2.75) is 108 Å². The van der Waals surface area contributed by atoms with Crippen molar-refractivity contribution in [1.29, 1.82) is 0 Å². The van der Waals surface area contributed by atoms with Gasteiger partial charge in [0, 0.05) is 11.1 Å². The van der Waals surface area contributed by atoms with Gasteiger partial charge in [0.2, 0.25) is 0 Å². The van der Waals surface area contributed by atoms with E-state index in [0.29, 0.717) is 43.4 Å². The SMILES string of the molecule is CCCC(O)C1CCC(c2ccc(COC3CCC(c4ccc(C5CO5)c(F)c4F)CC3)c(F)c2F)CC1. The molecule has 3 nitrogen and oxygen atoms in total. The minimum atomic E-state index is -0.846. The first kappa shape index (κ1) is 27.6. The van der Waals surface area contributed by atoms with Gasteiger partial charge < -0.3 is 14.6 Å². The van der Waals surface area contributed by atoms with Gasteiger partial charge in [-0.25, -0.2) is 17.6 Å². The molecular formula is C31H38F4O3.